The van der Waals surface area contributed by atoms with Crippen molar-refractivity contribution < 1.29 is 9.36 Å². The summed E-state index contributed by atoms with van der Waals surface area (Å²) in [6.07, 6.45) is 2.74. The van der Waals surface area contributed by atoms with Crippen molar-refractivity contribution in [3.05, 3.63) is 90.8 Å². The van der Waals surface area contributed by atoms with Gasteiger partial charge in [0.2, 0.25) is 0 Å². The normalized spacial score (nSPS) is 19.8. The number of carbonyl (C=O) groups is 1. The number of carbonyl (C=O) groups excluding carboxylic acids is 1. The summed E-state index contributed by atoms with van der Waals surface area (Å²) in [5, 5.41) is 0. The van der Waals surface area contributed by atoms with Gasteiger partial charge in [0, 0.05) is 56.6 Å². The van der Waals surface area contributed by atoms with Gasteiger partial charge < -0.3 is 9.34 Å². The first-order chi connectivity index (χ1) is 15.7. The predicted molar refractivity (Wildman–Crippen MR) is 128 cm³/mol. The summed E-state index contributed by atoms with van der Waals surface area (Å²) >= 11 is 0. The Kier molecular flexibility index (Phi) is 5.81. The van der Waals surface area contributed by atoms with Crippen LogP contribution in [0.4, 0.5) is 11.4 Å². The zero-order valence-corrected chi connectivity index (χ0v) is 18.8. The summed E-state index contributed by atoms with van der Waals surface area (Å²) in [6, 6.07) is 25.8. The van der Waals surface area contributed by atoms with Crippen LogP contribution >= 0.6 is 7.44 Å². The number of pyridine rings is 1. The number of hydrogen-bond acceptors (Lipinski definition) is 4. The van der Waals surface area contributed by atoms with Gasteiger partial charge in [0.25, 0.3) is 7.44 Å². The molecule has 0 aliphatic carbocycles. The number of nitrogens with zero attached hydrogens (tertiary/aromatic N) is 4. The number of ketones is 1. The van der Waals surface area contributed by atoms with E-state index in [1.165, 1.54) is 0 Å². The molecule has 3 heterocycles. The average Bonchev–Trinajstić information content (AvgIpc) is 3.19. The summed E-state index contributed by atoms with van der Waals surface area (Å²) in [4.78, 5) is 18.9. The number of Topliss-reactive ketones (excluding diaryl/α,β-unsaturated/α-hetero) is 1. The third kappa shape index (κ3) is 3.74. The molecule has 0 N–H and O–H groups in total. The highest BCUT2D eigenvalue weighted by molar-refractivity contribution is 7.67. The van der Waals surface area contributed by atoms with Crippen LogP contribution in [0.1, 0.15) is 24.3 Å². The molecule has 0 saturated carbocycles. The number of likely N-dealkylation sites (tertiary alicyclic amines) is 1. The van der Waals surface area contributed by atoms with Crippen LogP contribution in [0.3, 0.4) is 0 Å². The quantitative estimate of drug-likeness (QED) is 0.516. The molecule has 2 aliphatic heterocycles. The molecule has 6 nitrogen and oxygen atoms in total. The van der Waals surface area contributed by atoms with Crippen molar-refractivity contribution in [3.8, 4) is 0 Å². The number of para-hydroxylation sites is 2. The Morgan fingerprint density at radius 2 is 1.25 bits per heavy atom. The molecule has 2 saturated heterocycles. The molecule has 0 amide bonds. The number of rotatable bonds is 5. The van der Waals surface area contributed by atoms with Gasteiger partial charge in [-0.1, -0.05) is 42.5 Å². The van der Waals surface area contributed by atoms with Crippen LogP contribution in [0.25, 0.3) is 0 Å². The zero-order valence-electron chi connectivity index (χ0n) is 18.0. The molecule has 7 heteroatoms. The summed E-state index contributed by atoms with van der Waals surface area (Å²) < 4.78 is 19.6. The first-order valence-electron chi connectivity index (χ1n) is 11.1. The number of benzene rings is 2. The monoisotopic (exact) mass is 446 g/mol. The lowest BCUT2D eigenvalue weighted by Gasteiger charge is -2.43. The molecular weight excluding hydrogens is 419 g/mol. The Hall–Kier alpha value is -2.95. The molecule has 0 radical (unpaired) electrons. The van der Waals surface area contributed by atoms with Crippen LogP contribution in [-0.2, 0) is 9.36 Å². The van der Waals surface area contributed by atoms with Gasteiger partial charge in [-0.05, 0) is 36.4 Å². The molecule has 1 atom stereocenters. The number of aromatic nitrogens is 1. The zero-order chi connectivity index (χ0) is 22.0. The van der Waals surface area contributed by atoms with Crippen molar-refractivity contribution >= 4 is 24.6 Å². The van der Waals surface area contributed by atoms with E-state index in [1.807, 2.05) is 78.9 Å². The third-order valence-electron chi connectivity index (χ3n) is 6.30. The molecule has 1 aromatic heterocycles. The second kappa shape index (κ2) is 8.89. The molecule has 164 valence electrons. The largest absolute Gasteiger partial charge is 0.303 e. The average molecular weight is 446 g/mol. The minimum atomic E-state index is -3.24. The second-order valence-corrected chi connectivity index (χ2v) is 10.8. The molecular formula is C25H27N4O2P. The van der Waals surface area contributed by atoms with Gasteiger partial charge in [-0.3, -0.25) is 19.2 Å². The minimum absolute atomic E-state index is 0.269. The van der Waals surface area contributed by atoms with Gasteiger partial charge in [-0.25, -0.2) is 0 Å². The van der Waals surface area contributed by atoms with Crippen LogP contribution in [0.5, 0.6) is 0 Å². The van der Waals surface area contributed by atoms with Gasteiger partial charge in [0.1, 0.15) is 11.6 Å². The Morgan fingerprint density at radius 3 is 1.75 bits per heavy atom. The minimum Gasteiger partial charge on any atom is -0.303 e. The van der Waals surface area contributed by atoms with Crippen molar-refractivity contribution in [2.45, 2.75) is 18.6 Å². The fourth-order valence-corrected chi connectivity index (χ4v) is 8.40. The van der Waals surface area contributed by atoms with Gasteiger partial charge in [-0.2, -0.15) is 0 Å². The van der Waals surface area contributed by atoms with Crippen molar-refractivity contribution in [2.75, 3.05) is 35.5 Å². The molecule has 1 unspecified atom stereocenters. The van der Waals surface area contributed by atoms with Gasteiger partial charge >= 0.3 is 0 Å². The first kappa shape index (κ1) is 20.9. The van der Waals surface area contributed by atoms with Crippen LogP contribution in [-0.4, -0.2) is 41.8 Å². The molecule has 2 aromatic carbocycles. The van der Waals surface area contributed by atoms with Crippen molar-refractivity contribution in [1.82, 2.24) is 9.88 Å². The van der Waals surface area contributed by atoms with Crippen molar-refractivity contribution in [2.24, 2.45) is 0 Å². The van der Waals surface area contributed by atoms with Gasteiger partial charge in [0.15, 0.2) is 0 Å². The van der Waals surface area contributed by atoms with E-state index in [0.717, 1.165) is 17.1 Å². The summed E-state index contributed by atoms with van der Waals surface area (Å²) in [6.45, 7) is 2.50. The molecule has 0 bridgehead atoms. The molecule has 2 aliphatic rings. The first-order valence-corrected chi connectivity index (χ1v) is 12.8. The lowest BCUT2D eigenvalue weighted by Crippen LogP contribution is -2.40. The van der Waals surface area contributed by atoms with Crippen molar-refractivity contribution in [3.63, 3.8) is 0 Å². The number of piperidine rings is 1. The molecule has 5 rings (SSSR count). The Balaban J connectivity index is 1.67. The van der Waals surface area contributed by atoms with Crippen LogP contribution in [0, 0.1) is 0 Å². The summed E-state index contributed by atoms with van der Waals surface area (Å²) in [7, 11) is -3.24. The lowest BCUT2D eigenvalue weighted by atomic mass is 10.1. The highest BCUT2D eigenvalue weighted by Gasteiger charge is 2.53. The topological polar surface area (TPSA) is 56.8 Å². The van der Waals surface area contributed by atoms with E-state index >= 15 is 4.57 Å². The fourth-order valence-electron chi connectivity index (χ4n) is 4.78. The lowest BCUT2D eigenvalue weighted by molar-refractivity contribution is -0.121. The van der Waals surface area contributed by atoms with E-state index in [9.17, 15) is 4.79 Å². The van der Waals surface area contributed by atoms with Gasteiger partial charge in [0.05, 0.1) is 5.69 Å². The maximum atomic E-state index is 15.4. The second-order valence-electron chi connectivity index (χ2n) is 8.21. The molecule has 32 heavy (non-hydrogen) atoms. The highest BCUT2D eigenvalue weighted by atomic mass is 31.2. The van der Waals surface area contributed by atoms with E-state index in [-0.39, 0.29) is 5.78 Å². The van der Waals surface area contributed by atoms with Crippen molar-refractivity contribution in [1.29, 1.82) is 0 Å². The Bertz CT molecular complexity index is 1050. The van der Waals surface area contributed by atoms with Crippen LogP contribution in [0.2, 0.25) is 0 Å². The fraction of sp³-hybridized carbons (Fsp3) is 0.280. The molecule has 2 fully saturated rings. The maximum absolute atomic E-state index is 15.4. The maximum Gasteiger partial charge on any atom is 0.285 e. The highest BCUT2D eigenvalue weighted by Crippen LogP contribution is 2.69. The number of anilines is 2. The third-order valence-corrected chi connectivity index (χ3v) is 9.77. The smallest absolute Gasteiger partial charge is 0.285 e. The summed E-state index contributed by atoms with van der Waals surface area (Å²) in [5.41, 5.74) is 2.68. The predicted octanol–water partition coefficient (Wildman–Crippen LogP) is 4.97. The van der Waals surface area contributed by atoms with E-state index in [4.69, 9.17) is 0 Å². The van der Waals surface area contributed by atoms with E-state index in [1.54, 1.807) is 6.20 Å². The van der Waals surface area contributed by atoms with Crippen LogP contribution < -0.4 is 9.34 Å². The molecule has 0 spiro atoms. The van der Waals surface area contributed by atoms with Gasteiger partial charge in [-0.15, -0.1) is 0 Å². The molecule has 3 aromatic rings. The Morgan fingerprint density at radius 1 is 0.719 bits per heavy atom. The Labute approximate surface area is 189 Å². The van der Waals surface area contributed by atoms with E-state index in [2.05, 4.69) is 19.2 Å². The van der Waals surface area contributed by atoms with E-state index in [0.29, 0.717) is 39.0 Å². The summed E-state index contributed by atoms with van der Waals surface area (Å²) in [5.74, 6) is -0.162. The SMILES string of the molecule is O=C1CCN(C(c2ccccn2)P2(=O)N(c3ccccc3)CCN2c2ccccc2)CC1. The number of hydrogen-bond donors (Lipinski definition) is 0. The van der Waals surface area contributed by atoms with E-state index < -0.39 is 13.2 Å². The standard InChI is InChI=1S/C25H27N4O2P/c30-23-14-17-27(18-15-23)25(24-13-7-8-16-26-24)32(31)28(21-9-3-1-4-10-21)19-20-29(32)22-11-5-2-6-12-22/h1-13,16,25H,14-15,17-20H2. The van der Waals surface area contributed by atoms with Crippen LogP contribution in [0.15, 0.2) is 85.1 Å².